The van der Waals surface area contributed by atoms with E-state index in [1.807, 2.05) is 43.3 Å². The molecule has 0 spiro atoms. The molecule has 32 heavy (non-hydrogen) atoms. The third-order valence-corrected chi connectivity index (χ3v) is 13.2. The summed E-state index contributed by atoms with van der Waals surface area (Å²) in [6.07, 6.45) is -0.883. The summed E-state index contributed by atoms with van der Waals surface area (Å²) in [5.74, 6) is 0. The highest BCUT2D eigenvalue weighted by Crippen LogP contribution is 2.41. The fourth-order valence-corrected chi connectivity index (χ4v) is 10.8. The molecular formula is C26H30O4SSi. The number of rotatable bonds is 7. The molecule has 0 unspecified atom stereocenters. The largest absolute Gasteiger partial charge is 0.402 e. The topological polar surface area (TPSA) is 55.9 Å². The molecule has 0 amide bonds. The zero-order valence-corrected chi connectivity index (χ0v) is 20.8. The van der Waals surface area contributed by atoms with Crippen LogP contribution in [0.2, 0.25) is 5.04 Å². The van der Waals surface area contributed by atoms with Crippen molar-refractivity contribution in [3.8, 4) is 0 Å². The van der Waals surface area contributed by atoms with Crippen molar-refractivity contribution in [2.24, 2.45) is 0 Å². The van der Waals surface area contributed by atoms with Crippen LogP contribution in [0.3, 0.4) is 0 Å². The Morgan fingerprint density at radius 3 is 1.69 bits per heavy atom. The molecule has 4 nitrogen and oxygen atoms in total. The summed E-state index contributed by atoms with van der Waals surface area (Å²) in [6, 6.07) is 29.2. The van der Waals surface area contributed by atoms with Gasteiger partial charge in [-0.1, -0.05) is 99.6 Å². The fourth-order valence-electron chi connectivity index (χ4n) is 4.47. The molecule has 168 valence electrons. The lowest BCUT2D eigenvalue weighted by atomic mass is 10.2. The average Bonchev–Trinajstić information content (AvgIpc) is 3.60. The first-order valence-electron chi connectivity index (χ1n) is 10.9. The van der Waals surface area contributed by atoms with Crippen molar-refractivity contribution in [1.82, 2.24) is 0 Å². The van der Waals surface area contributed by atoms with Crippen LogP contribution in [0, 0.1) is 0 Å². The van der Waals surface area contributed by atoms with Crippen LogP contribution in [-0.2, 0) is 19.0 Å². The van der Waals surface area contributed by atoms with E-state index in [4.69, 9.17) is 9.16 Å². The van der Waals surface area contributed by atoms with Crippen LogP contribution in [0.15, 0.2) is 95.9 Å². The second-order valence-corrected chi connectivity index (χ2v) is 15.6. The van der Waals surface area contributed by atoms with Gasteiger partial charge in [0.1, 0.15) is 6.10 Å². The van der Waals surface area contributed by atoms with Crippen molar-refractivity contribution < 1.29 is 17.6 Å². The minimum absolute atomic E-state index is 0.188. The molecule has 3 aromatic carbocycles. The second kappa shape index (κ2) is 8.59. The van der Waals surface area contributed by atoms with Crippen LogP contribution < -0.4 is 10.4 Å². The number of benzene rings is 3. The van der Waals surface area contributed by atoms with Crippen LogP contribution in [0.1, 0.15) is 27.7 Å². The maximum absolute atomic E-state index is 13.0. The summed E-state index contributed by atoms with van der Waals surface area (Å²) >= 11 is 0. The Hall–Kier alpha value is -2.25. The summed E-state index contributed by atoms with van der Waals surface area (Å²) < 4.78 is 38.8. The van der Waals surface area contributed by atoms with Crippen molar-refractivity contribution >= 4 is 28.5 Å². The van der Waals surface area contributed by atoms with E-state index >= 15 is 0 Å². The van der Waals surface area contributed by atoms with Gasteiger partial charge in [0.05, 0.1) is 11.0 Å². The molecule has 3 atom stereocenters. The van der Waals surface area contributed by atoms with Gasteiger partial charge in [0.25, 0.3) is 8.32 Å². The predicted octanol–water partition coefficient (Wildman–Crippen LogP) is 4.15. The Labute approximate surface area is 192 Å². The van der Waals surface area contributed by atoms with Crippen LogP contribution in [0.25, 0.3) is 0 Å². The lowest BCUT2D eigenvalue weighted by molar-refractivity contribution is 0.164. The molecule has 1 saturated heterocycles. The van der Waals surface area contributed by atoms with Gasteiger partial charge in [0.2, 0.25) is 9.84 Å². The van der Waals surface area contributed by atoms with Gasteiger partial charge in [-0.25, -0.2) is 8.42 Å². The molecule has 0 bridgehead atoms. The summed E-state index contributed by atoms with van der Waals surface area (Å²) in [6.45, 7) is 8.55. The van der Waals surface area contributed by atoms with E-state index in [0.29, 0.717) is 0 Å². The zero-order valence-electron chi connectivity index (χ0n) is 18.9. The number of epoxide rings is 1. The molecule has 0 N–H and O–H groups in total. The average molecular weight is 467 g/mol. The monoisotopic (exact) mass is 466 g/mol. The molecular weight excluding hydrogens is 436 g/mol. The maximum Gasteiger partial charge on any atom is 0.261 e. The highest BCUT2D eigenvalue weighted by atomic mass is 32.2. The van der Waals surface area contributed by atoms with E-state index in [1.165, 1.54) is 0 Å². The van der Waals surface area contributed by atoms with E-state index in [2.05, 4.69) is 45.0 Å². The molecule has 0 saturated carbocycles. The molecule has 1 aliphatic rings. The lowest BCUT2D eigenvalue weighted by Gasteiger charge is -2.44. The Kier molecular flexibility index (Phi) is 6.16. The predicted molar refractivity (Wildman–Crippen MR) is 130 cm³/mol. The van der Waals surface area contributed by atoms with Gasteiger partial charge in [0.15, 0.2) is 5.44 Å². The SMILES string of the molecule is C[C@H](O[Si](c1ccccc1)(c1ccccc1)C(C)(C)C)[C@@H]1O[C@H]1S(=O)(=O)c1ccccc1. The summed E-state index contributed by atoms with van der Waals surface area (Å²) in [4.78, 5) is 0.283. The number of hydrogen-bond donors (Lipinski definition) is 0. The van der Waals surface area contributed by atoms with Crippen molar-refractivity contribution in [2.75, 3.05) is 0 Å². The van der Waals surface area contributed by atoms with Crippen molar-refractivity contribution in [3.05, 3.63) is 91.0 Å². The smallest absolute Gasteiger partial charge is 0.261 e. The van der Waals surface area contributed by atoms with Gasteiger partial charge in [-0.15, -0.1) is 0 Å². The second-order valence-electron chi connectivity index (χ2n) is 9.31. The van der Waals surface area contributed by atoms with Crippen molar-refractivity contribution in [2.45, 2.75) is 55.3 Å². The molecule has 0 aliphatic carbocycles. The first-order chi connectivity index (χ1) is 15.2. The maximum atomic E-state index is 13.0. The van der Waals surface area contributed by atoms with Crippen molar-refractivity contribution in [1.29, 1.82) is 0 Å². The molecule has 1 heterocycles. The van der Waals surface area contributed by atoms with Crippen LogP contribution in [-0.4, -0.2) is 34.4 Å². The van der Waals surface area contributed by atoms with Gasteiger partial charge >= 0.3 is 0 Å². The molecule has 1 aliphatic heterocycles. The van der Waals surface area contributed by atoms with Crippen LogP contribution in [0.4, 0.5) is 0 Å². The Morgan fingerprint density at radius 2 is 1.25 bits per heavy atom. The van der Waals surface area contributed by atoms with E-state index in [0.717, 1.165) is 10.4 Å². The summed E-state index contributed by atoms with van der Waals surface area (Å²) in [5.41, 5.74) is -0.877. The highest BCUT2D eigenvalue weighted by Gasteiger charge is 2.57. The minimum Gasteiger partial charge on any atom is -0.402 e. The van der Waals surface area contributed by atoms with E-state index in [9.17, 15) is 8.42 Å². The van der Waals surface area contributed by atoms with E-state index < -0.39 is 29.7 Å². The van der Waals surface area contributed by atoms with Gasteiger partial charge in [-0.05, 0) is 34.5 Å². The Bertz CT molecular complexity index is 1100. The van der Waals surface area contributed by atoms with Gasteiger partial charge < -0.3 is 9.16 Å². The van der Waals surface area contributed by atoms with Crippen LogP contribution >= 0.6 is 0 Å². The third kappa shape index (κ3) is 4.08. The minimum atomic E-state index is -3.57. The Morgan fingerprint density at radius 1 is 0.812 bits per heavy atom. The van der Waals surface area contributed by atoms with Gasteiger partial charge in [0, 0.05) is 0 Å². The molecule has 6 heteroatoms. The summed E-state index contributed by atoms with van der Waals surface area (Å²) in [7, 11) is -6.35. The van der Waals surface area contributed by atoms with E-state index in [1.54, 1.807) is 30.3 Å². The summed E-state index contributed by atoms with van der Waals surface area (Å²) in [5, 5.41) is 2.13. The quantitative estimate of drug-likeness (QED) is 0.388. The highest BCUT2D eigenvalue weighted by molar-refractivity contribution is 7.92. The molecule has 1 fully saturated rings. The standard InChI is InChI=1S/C26H30O4SSi/c1-20(24-25(29-24)31(27,28)21-14-8-5-9-15-21)30-32(26(2,3)4,22-16-10-6-11-17-22)23-18-12-7-13-19-23/h5-20,24-25H,1-4H3/t20-,24-,25-/m0/s1. The molecule has 3 aromatic rings. The van der Waals surface area contributed by atoms with E-state index in [-0.39, 0.29) is 16.0 Å². The lowest BCUT2D eigenvalue weighted by Crippen LogP contribution is -2.68. The Balaban J connectivity index is 1.70. The first kappa shape index (κ1) is 22.9. The molecule has 0 aromatic heterocycles. The number of ether oxygens (including phenoxy) is 1. The fraction of sp³-hybridized carbons (Fsp3) is 0.308. The first-order valence-corrected chi connectivity index (χ1v) is 14.4. The molecule has 0 radical (unpaired) electrons. The number of sulfone groups is 1. The van der Waals surface area contributed by atoms with Gasteiger partial charge in [-0.2, -0.15) is 0 Å². The van der Waals surface area contributed by atoms with Gasteiger partial charge in [-0.3, -0.25) is 0 Å². The van der Waals surface area contributed by atoms with Crippen molar-refractivity contribution in [3.63, 3.8) is 0 Å². The molecule has 4 rings (SSSR count). The van der Waals surface area contributed by atoms with Crippen LogP contribution in [0.5, 0.6) is 0 Å². The number of hydrogen-bond acceptors (Lipinski definition) is 4. The third-order valence-electron chi connectivity index (χ3n) is 6.10. The zero-order chi connectivity index (χ0) is 23.0. The normalized spacial score (nSPS) is 20.0.